The molecular formula is C69H134O17P2. The smallest absolute Gasteiger partial charge is 0.462 e. The molecule has 0 spiro atoms. The Bertz CT molecular complexity index is 1720. The van der Waals surface area contributed by atoms with Crippen LogP contribution in [0.1, 0.15) is 350 Å². The second-order valence-electron chi connectivity index (χ2n) is 25.6. The lowest BCUT2D eigenvalue weighted by atomic mass is 10.00. The highest BCUT2D eigenvalue weighted by Gasteiger charge is 2.30. The van der Waals surface area contributed by atoms with E-state index >= 15 is 0 Å². The molecule has 522 valence electrons. The predicted molar refractivity (Wildman–Crippen MR) is 354 cm³/mol. The van der Waals surface area contributed by atoms with Gasteiger partial charge >= 0.3 is 39.5 Å². The van der Waals surface area contributed by atoms with Gasteiger partial charge in [-0.3, -0.25) is 37.3 Å². The third kappa shape index (κ3) is 61.6. The van der Waals surface area contributed by atoms with E-state index in [1.165, 1.54) is 167 Å². The highest BCUT2D eigenvalue weighted by Crippen LogP contribution is 2.45. The molecule has 0 aliphatic rings. The molecule has 0 aromatic carbocycles. The van der Waals surface area contributed by atoms with Gasteiger partial charge in [-0.1, -0.05) is 298 Å². The van der Waals surface area contributed by atoms with Crippen LogP contribution in [0.15, 0.2) is 0 Å². The van der Waals surface area contributed by atoms with Crippen molar-refractivity contribution < 1.29 is 80.2 Å². The summed E-state index contributed by atoms with van der Waals surface area (Å²) in [5.41, 5.74) is 0. The summed E-state index contributed by atoms with van der Waals surface area (Å²) >= 11 is 0. The standard InChI is InChI=1S/C69H134O17P2/c1-7-10-12-14-16-18-20-21-25-29-33-40-46-52-67(72)79-57-64(85-68(73)53-47-41-34-30-26-23-22-24-27-31-37-43-49-61(4)5)59-83-87(75,76)81-55-63(70)56-82-88(77,78)84-60-65(86-69(74)54-48-42-36-35-38-44-50-62(6)9-3)58-80-66(71)51-45-39-32-28-19-17-15-13-11-8-2/h61-65,70H,7-60H2,1-6H3,(H,75,76)(H,77,78)/t62?,63-,64-,65-/m1/s1. The molecule has 0 saturated carbocycles. The highest BCUT2D eigenvalue weighted by atomic mass is 31.2. The molecule has 0 bridgehead atoms. The summed E-state index contributed by atoms with van der Waals surface area (Å²) < 4.78 is 68.2. The quantitative estimate of drug-likeness (QED) is 0.0222. The van der Waals surface area contributed by atoms with E-state index in [9.17, 15) is 43.2 Å². The van der Waals surface area contributed by atoms with E-state index in [1.54, 1.807) is 0 Å². The molecule has 0 aliphatic heterocycles. The van der Waals surface area contributed by atoms with Gasteiger partial charge in [-0.25, -0.2) is 9.13 Å². The first-order chi connectivity index (χ1) is 42.4. The molecule has 0 saturated heterocycles. The fourth-order valence-electron chi connectivity index (χ4n) is 10.4. The minimum absolute atomic E-state index is 0.103. The lowest BCUT2D eigenvalue weighted by molar-refractivity contribution is -0.161. The van der Waals surface area contributed by atoms with Gasteiger partial charge in [-0.2, -0.15) is 0 Å². The fourth-order valence-corrected chi connectivity index (χ4v) is 12.0. The predicted octanol–water partition coefficient (Wildman–Crippen LogP) is 19.6. The topological polar surface area (TPSA) is 237 Å². The monoisotopic (exact) mass is 1300 g/mol. The SMILES string of the molecule is CCCCCCCCCCCCCCCC(=O)OC[C@H](COP(=O)(O)OC[C@@H](O)COP(=O)(O)OC[C@@H](COC(=O)CCCCCCCCCCCC)OC(=O)CCCCCCCCC(C)CC)OC(=O)CCCCCCCCCCCCCCC(C)C. The summed E-state index contributed by atoms with van der Waals surface area (Å²) in [5, 5.41) is 10.6. The number of ether oxygens (including phenoxy) is 4. The van der Waals surface area contributed by atoms with Gasteiger partial charge in [0.25, 0.3) is 0 Å². The van der Waals surface area contributed by atoms with Crippen molar-refractivity contribution in [2.45, 2.75) is 368 Å². The van der Waals surface area contributed by atoms with E-state index in [2.05, 4.69) is 41.5 Å². The van der Waals surface area contributed by atoms with Crippen LogP contribution < -0.4 is 0 Å². The number of aliphatic hydroxyl groups excluding tert-OH is 1. The van der Waals surface area contributed by atoms with Crippen LogP contribution in [0.3, 0.4) is 0 Å². The second-order valence-corrected chi connectivity index (χ2v) is 28.5. The highest BCUT2D eigenvalue weighted by molar-refractivity contribution is 7.47. The molecule has 17 nitrogen and oxygen atoms in total. The molecule has 0 rings (SSSR count). The molecule has 3 N–H and O–H groups in total. The van der Waals surface area contributed by atoms with Gasteiger partial charge in [0.2, 0.25) is 0 Å². The molecule has 0 fully saturated rings. The maximum atomic E-state index is 13.0. The Morgan fingerprint density at radius 1 is 0.330 bits per heavy atom. The van der Waals surface area contributed by atoms with E-state index in [0.717, 1.165) is 102 Å². The zero-order chi connectivity index (χ0) is 65.0. The Morgan fingerprint density at radius 3 is 0.864 bits per heavy atom. The summed E-state index contributed by atoms with van der Waals surface area (Å²) in [5.74, 6) is -0.630. The number of phosphoric ester groups is 2. The molecule has 3 unspecified atom stereocenters. The number of carbonyl (C=O) groups excluding carboxylic acids is 4. The van der Waals surface area contributed by atoms with Crippen LogP contribution in [-0.4, -0.2) is 96.7 Å². The molecule has 19 heteroatoms. The zero-order valence-corrected chi connectivity index (χ0v) is 58.8. The van der Waals surface area contributed by atoms with Crippen molar-refractivity contribution in [2.75, 3.05) is 39.6 Å². The van der Waals surface area contributed by atoms with Crippen molar-refractivity contribution in [3.05, 3.63) is 0 Å². The number of carbonyl (C=O) groups is 4. The second kappa shape index (κ2) is 61.3. The third-order valence-corrected chi connectivity index (χ3v) is 18.2. The number of hydrogen-bond donors (Lipinski definition) is 3. The van der Waals surface area contributed by atoms with E-state index in [1.807, 2.05) is 0 Å². The zero-order valence-electron chi connectivity index (χ0n) is 57.0. The summed E-state index contributed by atoms with van der Waals surface area (Å²) in [7, 11) is -9.90. The van der Waals surface area contributed by atoms with Gasteiger partial charge in [-0.05, 0) is 37.5 Å². The molecule has 0 amide bonds. The van der Waals surface area contributed by atoms with Gasteiger partial charge in [-0.15, -0.1) is 0 Å². The molecule has 0 aliphatic carbocycles. The van der Waals surface area contributed by atoms with E-state index < -0.39 is 97.5 Å². The largest absolute Gasteiger partial charge is 0.472 e. The van der Waals surface area contributed by atoms with Gasteiger partial charge in [0, 0.05) is 25.7 Å². The number of rotatable bonds is 68. The van der Waals surface area contributed by atoms with Gasteiger partial charge < -0.3 is 33.8 Å². The van der Waals surface area contributed by atoms with Gasteiger partial charge in [0.05, 0.1) is 26.4 Å². The number of unbranched alkanes of at least 4 members (excludes halogenated alkanes) is 37. The van der Waals surface area contributed by atoms with Crippen LogP contribution in [0.5, 0.6) is 0 Å². The summed E-state index contributed by atoms with van der Waals surface area (Å²) in [6.07, 6.45) is 45.7. The van der Waals surface area contributed by atoms with E-state index in [4.69, 9.17) is 37.0 Å². The Balaban J connectivity index is 5.25. The average Bonchev–Trinajstić information content (AvgIpc) is 3.58. The lowest BCUT2D eigenvalue weighted by Gasteiger charge is -2.21. The van der Waals surface area contributed by atoms with Crippen molar-refractivity contribution in [3.63, 3.8) is 0 Å². The maximum absolute atomic E-state index is 13.0. The maximum Gasteiger partial charge on any atom is 0.472 e. The molecule has 0 aromatic heterocycles. The number of esters is 4. The molecule has 0 heterocycles. The van der Waals surface area contributed by atoms with Crippen LogP contribution in [0.25, 0.3) is 0 Å². The van der Waals surface area contributed by atoms with E-state index in [0.29, 0.717) is 25.7 Å². The minimum Gasteiger partial charge on any atom is -0.462 e. The molecule has 0 radical (unpaired) electrons. The van der Waals surface area contributed by atoms with Crippen molar-refractivity contribution in [3.8, 4) is 0 Å². The van der Waals surface area contributed by atoms with Crippen LogP contribution >= 0.6 is 15.6 Å². The molecule has 6 atom stereocenters. The van der Waals surface area contributed by atoms with Crippen LogP contribution in [0, 0.1) is 11.8 Å². The average molecular weight is 1300 g/mol. The molecule has 88 heavy (non-hydrogen) atoms. The van der Waals surface area contributed by atoms with E-state index in [-0.39, 0.29) is 25.7 Å². The Morgan fingerprint density at radius 2 is 0.580 bits per heavy atom. The van der Waals surface area contributed by atoms with Crippen molar-refractivity contribution in [1.29, 1.82) is 0 Å². The van der Waals surface area contributed by atoms with Crippen molar-refractivity contribution in [2.24, 2.45) is 11.8 Å². The number of phosphoric acid groups is 2. The number of aliphatic hydroxyl groups is 1. The Labute approximate surface area is 537 Å². The minimum atomic E-state index is -4.95. The first-order valence-electron chi connectivity index (χ1n) is 36.0. The van der Waals surface area contributed by atoms with Gasteiger partial charge in [0.1, 0.15) is 19.3 Å². The summed E-state index contributed by atoms with van der Waals surface area (Å²) in [4.78, 5) is 72.5. The van der Waals surface area contributed by atoms with Gasteiger partial charge in [0.15, 0.2) is 12.2 Å². The first kappa shape index (κ1) is 86.1. The third-order valence-electron chi connectivity index (χ3n) is 16.3. The lowest BCUT2D eigenvalue weighted by Crippen LogP contribution is -2.30. The number of hydrogen-bond acceptors (Lipinski definition) is 15. The molecular weight excluding hydrogens is 1160 g/mol. The summed E-state index contributed by atoms with van der Waals surface area (Å²) in [6, 6.07) is 0. The first-order valence-corrected chi connectivity index (χ1v) is 39.0. The Kier molecular flexibility index (Phi) is 59.9. The fraction of sp³-hybridized carbons (Fsp3) is 0.942. The Hall–Kier alpha value is -1.94. The van der Waals surface area contributed by atoms with Crippen LogP contribution in [0.2, 0.25) is 0 Å². The van der Waals surface area contributed by atoms with Crippen LogP contribution in [0.4, 0.5) is 0 Å². The summed E-state index contributed by atoms with van der Waals surface area (Å²) in [6.45, 7) is 9.50. The normalized spacial score (nSPS) is 14.5. The van der Waals surface area contributed by atoms with Crippen LogP contribution in [-0.2, 0) is 65.4 Å². The van der Waals surface area contributed by atoms with Crippen molar-refractivity contribution in [1.82, 2.24) is 0 Å². The molecule has 0 aromatic rings. The van der Waals surface area contributed by atoms with Crippen molar-refractivity contribution >= 4 is 39.5 Å².